The quantitative estimate of drug-likeness (QED) is 0.604. The molecule has 3 aromatic carbocycles. The summed E-state index contributed by atoms with van der Waals surface area (Å²) in [7, 11) is 0. The third-order valence-electron chi connectivity index (χ3n) is 4.01. The summed E-state index contributed by atoms with van der Waals surface area (Å²) in [5.74, 6) is -1.71. The van der Waals surface area contributed by atoms with Crippen LogP contribution in [-0.2, 0) is 16.0 Å². The number of esters is 1. The molecule has 0 aliphatic rings. The summed E-state index contributed by atoms with van der Waals surface area (Å²) in [5, 5.41) is 2.40. The minimum absolute atomic E-state index is 0.107. The van der Waals surface area contributed by atoms with E-state index in [0.717, 1.165) is 17.2 Å². The van der Waals surface area contributed by atoms with Gasteiger partial charge in [0.2, 0.25) is 0 Å². The lowest BCUT2D eigenvalue weighted by atomic mass is 10.00. The van der Waals surface area contributed by atoms with E-state index >= 15 is 0 Å². The van der Waals surface area contributed by atoms with Crippen LogP contribution >= 0.6 is 11.6 Å². The Labute approximate surface area is 166 Å². The molecule has 0 atom stereocenters. The van der Waals surface area contributed by atoms with Gasteiger partial charge in [0.25, 0.3) is 5.91 Å². The third kappa shape index (κ3) is 5.18. The van der Waals surface area contributed by atoms with Crippen LogP contribution in [0.25, 0.3) is 0 Å². The molecule has 0 aliphatic carbocycles. The van der Waals surface area contributed by atoms with Crippen molar-refractivity contribution in [2.45, 2.75) is 6.42 Å². The van der Waals surface area contributed by atoms with Gasteiger partial charge in [-0.15, -0.1) is 0 Å². The zero-order valence-electron chi connectivity index (χ0n) is 14.8. The van der Waals surface area contributed by atoms with E-state index in [1.165, 1.54) is 12.1 Å². The normalized spacial score (nSPS) is 10.4. The second kappa shape index (κ2) is 9.15. The molecule has 142 valence electrons. The lowest BCUT2D eigenvalue weighted by molar-refractivity contribution is -0.119. The molecule has 0 aromatic heterocycles. The van der Waals surface area contributed by atoms with Crippen molar-refractivity contribution < 1.29 is 18.7 Å². The molecule has 0 bridgehead atoms. The van der Waals surface area contributed by atoms with E-state index < -0.39 is 24.3 Å². The molecule has 0 saturated carbocycles. The fraction of sp³-hybridized carbons (Fsp3) is 0.0909. The van der Waals surface area contributed by atoms with E-state index in [9.17, 15) is 14.0 Å². The largest absolute Gasteiger partial charge is 0.452 e. The Morgan fingerprint density at radius 1 is 0.964 bits per heavy atom. The zero-order valence-corrected chi connectivity index (χ0v) is 15.6. The van der Waals surface area contributed by atoms with Gasteiger partial charge in [0.05, 0.1) is 10.6 Å². The molecular formula is C22H17ClFNO3. The van der Waals surface area contributed by atoms with E-state index in [2.05, 4.69) is 5.32 Å². The predicted octanol–water partition coefficient (Wildman–Crippen LogP) is 4.87. The fourth-order valence-electron chi connectivity index (χ4n) is 2.67. The molecular weight excluding hydrogens is 381 g/mol. The van der Waals surface area contributed by atoms with E-state index in [4.69, 9.17) is 16.3 Å². The first-order valence-electron chi connectivity index (χ1n) is 8.57. The Morgan fingerprint density at radius 3 is 2.43 bits per heavy atom. The molecule has 0 saturated heterocycles. The molecule has 3 aromatic rings. The highest BCUT2D eigenvalue weighted by Gasteiger charge is 2.15. The summed E-state index contributed by atoms with van der Waals surface area (Å²) in [6.07, 6.45) is 0.576. The average Bonchev–Trinajstić information content (AvgIpc) is 2.70. The Hall–Kier alpha value is -3.18. The summed E-state index contributed by atoms with van der Waals surface area (Å²) in [6, 6.07) is 20.6. The maximum absolute atomic E-state index is 13.2. The van der Waals surface area contributed by atoms with Gasteiger partial charge in [-0.25, -0.2) is 9.18 Å². The van der Waals surface area contributed by atoms with Gasteiger partial charge in [0, 0.05) is 5.69 Å². The minimum atomic E-state index is -0.584. The van der Waals surface area contributed by atoms with Crippen LogP contribution in [0.1, 0.15) is 21.5 Å². The molecule has 3 rings (SSSR count). The Morgan fingerprint density at radius 2 is 1.68 bits per heavy atom. The molecule has 0 heterocycles. The smallest absolute Gasteiger partial charge is 0.338 e. The summed E-state index contributed by atoms with van der Waals surface area (Å²) >= 11 is 5.68. The molecule has 0 fully saturated rings. The number of hydrogen-bond acceptors (Lipinski definition) is 3. The van der Waals surface area contributed by atoms with Crippen molar-refractivity contribution in [3.8, 4) is 0 Å². The average molecular weight is 398 g/mol. The van der Waals surface area contributed by atoms with Crippen LogP contribution < -0.4 is 5.32 Å². The summed E-state index contributed by atoms with van der Waals surface area (Å²) in [6.45, 7) is -0.465. The second-order valence-electron chi connectivity index (χ2n) is 6.07. The maximum Gasteiger partial charge on any atom is 0.338 e. The number of halogens is 2. The Balaban J connectivity index is 1.61. The lowest BCUT2D eigenvalue weighted by Gasteiger charge is -2.10. The minimum Gasteiger partial charge on any atom is -0.452 e. The molecule has 0 radical (unpaired) electrons. The van der Waals surface area contributed by atoms with Gasteiger partial charge < -0.3 is 10.1 Å². The van der Waals surface area contributed by atoms with Crippen molar-refractivity contribution in [2.75, 3.05) is 11.9 Å². The van der Waals surface area contributed by atoms with Gasteiger partial charge in [-0.3, -0.25) is 4.79 Å². The van der Waals surface area contributed by atoms with Crippen LogP contribution in [-0.4, -0.2) is 18.5 Å². The topological polar surface area (TPSA) is 55.4 Å². The van der Waals surface area contributed by atoms with E-state index in [1.54, 1.807) is 12.1 Å². The molecule has 28 heavy (non-hydrogen) atoms. The molecule has 0 aliphatic heterocycles. The summed E-state index contributed by atoms with van der Waals surface area (Å²) in [5.41, 5.74) is 2.60. The number of rotatable bonds is 6. The Bertz CT molecular complexity index is 992. The van der Waals surface area contributed by atoms with E-state index in [1.807, 2.05) is 42.5 Å². The monoisotopic (exact) mass is 397 g/mol. The molecule has 4 nitrogen and oxygen atoms in total. The number of hydrogen-bond donors (Lipinski definition) is 1. The van der Waals surface area contributed by atoms with Gasteiger partial charge in [0.15, 0.2) is 6.61 Å². The van der Waals surface area contributed by atoms with Crippen LogP contribution in [0.3, 0.4) is 0 Å². The molecule has 1 N–H and O–H groups in total. The molecule has 6 heteroatoms. The van der Waals surface area contributed by atoms with Crippen LogP contribution in [0, 0.1) is 5.82 Å². The third-order valence-corrected chi connectivity index (χ3v) is 4.30. The van der Waals surface area contributed by atoms with Gasteiger partial charge in [-0.2, -0.15) is 0 Å². The van der Waals surface area contributed by atoms with Crippen molar-refractivity contribution in [2.24, 2.45) is 0 Å². The fourth-order valence-corrected chi connectivity index (χ4v) is 2.85. The standard InChI is InChI=1S/C22H17ClFNO3/c23-19-13-17(10-11-20(19)24)25-21(26)14-28-22(27)18-9-5-4-8-16(18)12-15-6-2-1-3-7-15/h1-11,13H,12,14H2,(H,25,26). The zero-order chi connectivity index (χ0) is 19.9. The highest BCUT2D eigenvalue weighted by molar-refractivity contribution is 6.31. The van der Waals surface area contributed by atoms with E-state index in [-0.39, 0.29) is 5.02 Å². The van der Waals surface area contributed by atoms with Crippen molar-refractivity contribution in [3.63, 3.8) is 0 Å². The number of ether oxygens (including phenoxy) is 1. The highest BCUT2D eigenvalue weighted by atomic mass is 35.5. The summed E-state index contributed by atoms with van der Waals surface area (Å²) in [4.78, 5) is 24.4. The van der Waals surface area contributed by atoms with Gasteiger partial charge in [-0.1, -0.05) is 60.1 Å². The van der Waals surface area contributed by atoms with Gasteiger partial charge in [0.1, 0.15) is 5.82 Å². The van der Waals surface area contributed by atoms with Crippen LogP contribution in [0.4, 0.5) is 10.1 Å². The van der Waals surface area contributed by atoms with Crippen LogP contribution in [0.5, 0.6) is 0 Å². The second-order valence-corrected chi connectivity index (χ2v) is 6.48. The van der Waals surface area contributed by atoms with Gasteiger partial charge >= 0.3 is 5.97 Å². The lowest BCUT2D eigenvalue weighted by Crippen LogP contribution is -2.21. The number of nitrogens with one attached hydrogen (secondary N) is 1. The van der Waals surface area contributed by atoms with Crippen molar-refractivity contribution in [3.05, 3.63) is 100 Å². The number of anilines is 1. The van der Waals surface area contributed by atoms with Crippen LogP contribution in [0.2, 0.25) is 5.02 Å². The van der Waals surface area contributed by atoms with Crippen LogP contribution in [0.15, 0.2) is 72.8 Å². The number of carbonyl (C=O) groups is 2. The first-order chi connectivity index (χ1) is 13.5. The molecule has 0 unspecified atom stereocenters. The molecule has 1 amide bonds. The van der Waals surface area contributed by atoms with E-state index in [0.29, 0.717) is 17.7 Å². The SMILES string of the molecule is O=C(COC(=O)c1ccccc1Cc1ccccc1)Nc1ccc(F)c(Cl)c1. The van der Waals surface area contributed by atoms with Gasteiger partial charge in [-0.05, 0) is 41.8 Å². The molecule has 0 spiro atoms. The predicted molar refractivity (Wildman–Crippen MR) is 106 cm³/mol. The number of amides is 1. The Kier molecular flexibility index (Phi) is 6.40. The maximum atomic E-state index is 13.2. The van der Waals surface area contributed by atoms with Crippen molar-refractivity contribution >= 4 is 29.2 Å². The first kappa shape index (κ1) is 19.6. The number of benzene rings is 3. The summed E-state index contributed by atoms with van der Waals surface area (Å²) < 4.78 is 18.3. The van der Waals surface area contributed by atoms with Crippen molar-refractivity contribution in [1.29, 1.82) is 0 Å². The van der Waals surface area contributed by atoms with Crippen molar-refractivity contribution in [1.82, 2.24) is 0 Å². The first-order valence-corrected chi connectivity index (χ1v) is 8.94. The number of carbonyl (C=O) groups excluding carboxylic acids is 2. The highest BCUT2D eigenvalue weighted by Crippen LogP contribution is 2.19.